The molecule has 0 saturated carbocycles. The minimum absolute atomic E-state index is 0.0581. The maximum absolute atomic E-state index is 14.2. The standard InChI is InChI=1S/C26H26F2N4O4/c1-14(2)22-18(25(34)29-20(10-11-33)15-4-7-17(27)8-5-15)13-32-23(22)26(35)30-24(31-32)16-6-9-21(36-3)19(28)12-16/h4-9,12-14,20,33H,10-11H2,1-3H3,(H,29,34)(H,30,31,35)/t20-/m1/s1. The zero-order chi connectivity index (χ0) is 26.0. The fourth-order valence-electron chi connectivity index (χ4n) is 4.20. The van der Waals surface area contributed by atoms with Crippen molar-refractivity contribution in [3.05, 3.63) is 87.3 Å². The van der Waals surface area contributed by atoms with Gasteiger partial charge in [-0.1, -0.05) is 26.0 Å². The third kappa shape index (κ3) is 4.85. The molecule has 0 unspecified atom stereocenters. The molecule has 0 radical (unpaired) electrons. The molecule has 4 rings (SSSR count). The summed E-state index contributed by atoms with van der Waals surface area (Å²) in [6.07, 6.45) is 1.67. The Labute approximate surface area is 205 Å². The molecule has 4 aromatic rings. The van der Waals surface area contributed by atoms with Crippen LogP contribution in [0.1, 0.15) is 53.7 Å². The van der Waals surface area contributed by atoms with Gasteiger partial charge in [-0.15, -0.1) is 5.10 Å². The van der Waals surface area contributed by atoms with Crippen molar-refractivity contribution in [2.45, 2.75) is 32.2 Å². The van der Waals surface area contributed by atoms with E-state index in [0.717, 1.165) is 0 Å². The van der Waals surface area contributed by atoms with Gasteiger partial charge in [-0.3, -0.25) is 9.59 Å². The molecule has 0 spiro atoms. The van der Waals surface area contributed by atoms with Crippen LogP contribution in [0.2, 0.25) is 0 Å². The number of methoxy groups -OCH3 is 1. The number of carbonyl (C=O) groups excluding carboxylic acids is 1. The predicted molar refractivity (Wildman–Crippen MR) is 130 cm³/mol. The smallest absolute Gasteiger partial charge is 0.275 e. The van der Waals surface area contributed by atoms with E-state index in [9.17, 15) is 23.5 Å². The monoisotopic (exact) mass is 496 g/mol. The van der Waals surface area contributed by atoms with Gasteiger partial charge >= 0.3 is 0 Å². The predicted octanol–water partition coefficient (Wildman–Crippen LogP) is 3.95. The highest BCUT2D eigenvalue weighted by molar-refractivity contribution is 5.98. The summed E-state index contributed by atoms with van der Waals surface area (Å²) in [4.78, 5) is 29.1. The minimum atomic E-state index is -0.607. The number of halogens is 2. The van der Waals surface area contributed by atoms with E-state index >= 15 is 0 Å². The van der Waals surface area contributed by atoms with Crippen LogP contribution in [0.3, 0.4) is 0 Å². The molecule has 0 fully saturated rings. The molecule has 0 bridgehead atoms. The van der Waals surface area contributed by atoms with E-state index in [4.69, 9.17) is 4.74 Å². The van der Waals surface area contributed by atoms with Crippen molar-refractivity contribution in [2.24, 2.45) is 0 Å². The van der Waals surface area contributed by atoms with Crippen molar-refractivity contribution in [3.8, 4) is 17.1 Å². The summed E-state index contributed by atoms with van der Waals surface area (Å²) in [7, 11) is 1.35. The lowest BCUT2D eigenvalue weighted by Gasteiger charge is -2.19. The number of aromatic amines is 1. The number of carbonyl (C=O) groups is 1. The van der Waals surface area contributed by atoms with Gasteiger partial charge < -0.3 is 20.1 Å². The number of nitrogens with zero attached hydrogens (tertiary/aromatic N) is 2. The van der Waals surface area contributed by atoms with Gasteiger partial charge in [0.2, 0.25) is 0 Å². The maximum Gasteiger partial charge on any atom is 0.275 e. The average Bonchev–Trinajstić information content (AvgIpc) is 3.25. The second-order valence-corrected chi connectivity index (χ2v) is 8.65. The summed E-state index contributed by atoms with van der Waals surface area (Å²) < 4.78 is 33.9. The average molecular weight is 497 g/mol. The van der Waals surface area contributed by atoms with Crippen LogP contribution in [-0.2, 0) is 0 Å². The number of aromatic nitrogens is 3. The van der Waals surface area contributed by atoms with Crippen molar-refractivity contribution >= 4 is 11.4 Å². The Hall–Kier alpha value is -4.05. The van der Waals surface area contributed by atoms with Crippen LogP contribution in [0.4, 0.5) is 8.78 Å². The first-order valence-corrected chi connectivity index (χ1v) is 11.4. The molecule has 188 valence electrons. The number of H-pyrrole nitrogens is 1. The number of rotatable bonds is 8. The van der Waals surface area contributed by atoms with E-state index in [-0.39, 0.29) is 41.6 Å². The number of aliphatic hydroxyl groups is 1. The SMILES string of the molecule is COc1ccc(-c2nn3cc(C(=O)N[C@H](CCO)c4ccc(F)cc4)c(C(C)C)c3c(=O)[nH]2)cc1F. The molecule has 2 aromatic carbocycles. The lowest BCUT2D eigenvalue weighted by Crippen LogP contribution is -2.29. The first-order chi connectivity index (χ1) is 17.2. The number of nitrogens with one attached hydrogen (secondary N) is 2. The molecule has 0 saturated heterocycles. The Morgan fingerprint density at radius 2 is 1.92 bits per heavy atom. The molecular weight excluding hydrogens is 470 g/mol. The quantitative estimate of drug-likeness (QED) is 0.342. The second kappa shape index (κ2) is 10.3. The summed E-state index contributed by atoms with van der Waals surface area (Å²) in [5.74, 6) is -1.51. The Bertz CT molecular complexity index is 1460. The second-order valence-electron chi connectivity index (χ2n) is 8.65. The lowest BCUT2D eigenvalue weighted by molar-refractivity contribution is 0.0929. The third-order valence-corrected chi connectivity index (χ3v) is 5.92. The third-order valence-electron chi connectivity index (χ3n) is 5.92. The molecular formula is C26H26F2N4O4. The highest BCUT2D eigenvalue weighted by Crippen LogP contribution is 2.27. The highest BCUT2D eigenvalue weighted by atomic mass is 19.1. The molecule has 10 heteroatoms. The topological polar surface area (TPSA) is 109 Å². The van der Waals surface area contributed by atoms with E-state index < -0.39 is 29.1 Å². The molecule has 0 aliphatic heterocycles. The largest absolute Gasteiger partial charge is 0.494 e. The Morgan fingerprint density at radius 1 is 1.19 bits per heavy atom. The number of benzene rings is 2. The molecule has 1 amide bonds. The summed E-state index contributed by atoms with van der Waals surface area (Å²) in [6.45, 7) is 3.51. The van der Waals surface area contributed by atoms with E-state index in [0.29, 0.717) is 16.7 Å². The molecule has 1 atom stereocenters. The van der Waals surface area contributed by atoms with Crippen LogP contribution >= 0.6 is 0 Å². The van der Waals surface area contributed by atoms with Gasteiger partial charge in [-0.2, -0.15) is 0 Å². The van der Waals surface area contributed by atoms with E-state index in [2.05, 4.69) is 15.4 Å². The van der Waals surface area contributed by atoms with E-state index in [1.807, 2.05) is 13.8 Å². The van der Waals surface area contributed by atoms with Crippen molar-refractivity contribution in [1.82, 2.24) is 19.9 Å². The fourth-order valence-corrected chi connectivity index (χ4v) is 4.20. The van der Waals surface area contributed by atoms with Crippen LogP contribution in [0.25, 0.3) is 16.9 Å². The van der Waals surface area contributed by atoms with Gasteiger partial charge in [0.15, 0.2) is 17.4 Å². The first-order valence-electron chi connectivity index (χ1n) is 11.4. The van der Waals surface area contributed by atoms with Gasteiger partial charge in [0.1, 0.15) is 11.3 Å². The van der Waals surface area contributed by atoms with Crippen LogP contribution in [0.15, 0.2) is 53.5 Å². The Balaban J connectivity index is 1.76. The molecule has 36 heavy (non-hydrogen) atoms. The van der Waals surface area contributed by atoms with Crippen molar-refractivity contribution in [3.63, 3.8) is 0 Å². The van der Waals surface area contributed by atoms with Crippen LogP contribution in [0, 0.1) is 11.6 Å². The van der Waals surface area contributed by atoms with Gasteiger partial charge in [0.05, 0.1) is 18.7 Å². The van der Waals surface area contributed by atoms with Crippen LogP contribution in [0.5, 0.6) is 5.75 Å². The van der Waals surface area contributed by atoms with Crippen LogP contribution in [-0.4, -0.2) is 39.3 Å². The Morgan fingerprint density at radius 3 is 2.53 bits per heavy atom. The number of aliphatic hydroxyl groups excluding tert-OH is 1. The zero-order valence-electron chi connectivity index (χ0n) is 20.0. The number of fused-ring (bicyclic) bond motifs is 1. The molecule has 8 nitrogen and oxygen atoms in total. The highest BCUT2D eigenvalue weighted by Gasteiger charge is 2.25. The van der Waals surface area contributed by atoms with Crippen LogP contribution < -0.4 is 15.6 Å². The molecule has 2 aromatic heterocycles. The molecule has 0 aliphatic carbocycles. The number of hydrogen-bond donors (Lipinski definition) is 3. The van der Waals surface area contributed by atoms with Gasteiger partial charge in [-0.05, 0) is 48.2 Å². The van der Waals surface area contributed by atoms with Gasteiger partial charge in [-0.25, -0.2) is 13.3 Å². The summed E-state index contributed by atoms with van der Waals surface area (Å²) in [5, 5.41) is 16.8. The van der Waals surface area contributed by atoms with E-state index in [1.54, 1.807) is 18.2 Å². The lowest BCUT2D eigenvalue weighted by atomic mass is 9.98. The molecule has 0 aliphatic rings. The number of amides is 1. The molecule has 2 heterocycles. The van der Waals surface area contributed by atoms with Crippen molar-refractivity contribution < 1.29 is 23.4 Å². The van der Waals surface area contributed by atoms with Crippen molar-refractivity contribution in [1.29, 1.82) is 0 Å². The summed E-state index contributed by atoms with van der Waals surface area (Å²) in [6, 6.07) is 9.27. The minimum Gasteiger partial charge on any atom is -0.494 e. The van der Waals surface area contributed by atoms with E-state index in [1.165, 1.54) is 42.1 Å². The summed E-state index contributed by atoms with van der Waals surface area (Å²) in [5.41, 5.74) is 1.42. The first kappa shape index (κ1) is 25.1. The number of hydrogen-bond acceptors (Lipinski definition) is 5. The number of ether oxygens (including phenoxy) is 1. The maximum atomic E-state index is 14.2. The van der Waals surface area contributed by atoms with Crippen molar-refractivity contribution in [2.75, 3.05) is 13.7 Å². The molecule has 3 N–H and O–H groups in total. The zero-order valence-corrected chi connectivity index (χ0v) is 20.0. The van der Waals surface area contributed by atoms with Gasteiger partial charge in [0, 0.05) is 23.9 Å². The summed E-state index contributed by atoms with van der Waals surface area (Å²) >= 11 is 0. The van der Waals surface area contributed by atoms with Gasteiger partial charge in [0.25, 0.3) is 11.5 Å². The normalized spacial score (nSPS) is 12.2. The Kier molecular flexibility index (Phi) is 7.16. The fraction of sp³-hybridized carbons (Fsp3) is 0.269.